The first-order valence-electron chi connectivity index (χ1n) is 6.36. The van der Waals surface area contributed by atoms with E-state index in [0.29, 0.717) is 6.42 Å². The van der Waals surface area contributed by atoms with E-state index in [1.165, 1.54) is 0 Å². The van der Waals surface area contributed by atoms with Gasteiger partial charge < -0.3 is 10.5 Å². The molecule has 0 heterocycles. The maximum atomic E-state index is 11.7. The Hall–Kier alpha value is -2.08. The average Bonchev–Trinajstić information content (AvgIpc) is 2.35. The van der Waals surface area contributed by atoms with Crippen molar-refractivity contribution in [1.29, 1.82) is 0 Å². The molecule has 4 N–H and O–H groups in total. The van der Waals surface area contributed by atoms with E-state index in [-0.39, 0.29) is 0 Å². The zero-order valence-electron chi connectivity index (χ0n) is 12.0. The lowest BCUT2D eigenvalue weighted by Crippen LogP contribution is -2.51. The van der Waals surface area contributed by atoms with Gasteiger partial charge in [-0.2, -0.15) is 0 Å². The molecule has 1 aromatic rings. The Morgan fingerprint density at radius 3 is 2.35 bits per heavy atom. The summed E-state index contributed by atoms with van der Waals surface area (Å²) >= 11 is 0. The van der Waals surface area contributed by atoms with Crippen LogP contribution < -0.4 is 16.6 Å². The third kappa shape index (κ3) is 6.19. The zero-order valence-corrected chi connectivity index (χ0v) is 12.0. The van der Waals surface area contributed by atoms with Gasteiger partial charge in [0.15, 0.2) is 0 Å². The fraction of sp³-hybridized carbons (Fsp3) is 0.429. The molecule has 6 heteroatoms. The van der Waals surface area contributed by atoms with Crippen LogP contribution in [-0.2, 0) is 16.0 Å². The number of hydrazine groups is 1. The maximum absolute atomic E-state index is 11.7. The Morgan fingerprint density at radius 1 is 1.20 bits per heavy atom. The van der Waals surface area contributed by atoms with Crippen LogP contribution in [0.5, 0.6) is 0 Å². The molecule has 0 spiro atoms. The summed E-state index contributed by atoms with van der Waals surface area (Å²) < 4.78 is 4.98. The summed E-state index contributed by atoms with van der Waals surface area (Å²) in [4.78, 5) is 23.1. The number of amides is 2. The molecule has 110 valence electrons. The normalized spacial score (nSPS) is 12.4. The van der Waals surface area contributed by atoms with Crippen LogP contribution in [0, 0.1) is 0 Å². The van der Waals surface area contributed by atoms with Gasteiger partial charge in [0.1, 0.15) is 5.60 Å². The van der Waals surface area contributed by atoms with Gasteiger partial charge in [-0.3, -0.25) is 10.2 Å². The fourth-order valence-corrected chi connectivity index (χ4v) is 1.47. The average molecular weight is 279 g/mol. The minimum absolute atomic E-state index is 0.392. The summed E-state index contributed by atoms with van der Waals surface area (Å²) in [6.45, 7) is 5.20. The molecule has 2 amide bonds. The summed E-state index contributed by atoms with van der Waals surface area (Å²) in [5.41, 5.74) is 10.5. The van der Waals surface area contributed by atoms with Crippen LogP contribution in [0.15, 0.2) is 30.3 Å². The number of ether oxygens (including phenoxy) is 1. The molecule has 1 unspecified atom stereocenters. The van der Waals surface area contributed by atoms with Crippen LogP contribution in [0.1, 0.15) is 26.3 Å². The third-order valence-electron chi connectivity index (χ3n) is 2.32. The molecule has 0 aromatic heterocycles. The molecule has 6 nitrogen and oxygen atoms in total. The van der Waals surface area contributed by atoms with E-state index < -0.39 is 23.6 Å². The molecule has 0 saturated heterocycles. The van der Waals surface area contributed by atoms with Crippen molar-refractivity contribution in [2.75, 3.05) is 0 Å². The second-order valence-corrected chi connectivity index (χ2v) is 5.41. The number of rotatable bonds is 3. The van der Waals surface area contributed by atoms with Crippen molar-refractivity contribution in [1.82, 2.24) is 10.9 Å². The van der Waals surface area contributed by atoms with Gasteiger partial charge in [-0.1, -0.05) is 30.3 Å². The van der Waals surface area contributed by atoms with Gasteiger partial charge in [-0.15, -0.1) is 0 Å². The van der Waals surface area contributed by atoms with Gasteiger partial charge in [-0.05, 0) is 32.8 Å². The lowest BCUT2D eigenvalue weighted by atomic mass is 10.1. The minimum Gasteiger partial charge on any atom is -0.443 e. The minimum atomic E-state index is -0.743. The molecule has 0 saturated carbocycles. The van der Waals surface area contributed by atoms with Crippen molar-refractivity contribution in [2.24, 2.45) is 5.73 Å². The van der Waals surface area contributed by atoms with Crippen LogP contribution in [0.25, 0.3) is 0 Å². The summed E-state index contributed by atoms with van der Waals surface area (Å²) in [7, 11) is 0. The van der Waals surface area contributed by atoms with Crippen molar-refractivity contribution in [3.05, 3.63) is 35.9 Å². The quantitative estimate of drug-likeness (QED) is 0.723. The van der Waals surface area contributed by atoms with E-state index in [0.717, 1.165) is 5.56 Å². The summed E-state index contributed by atoms with van der Waals surface area (Å²) in [6.07, 6.45) is -0.333. The van der Waals surface area contributed by atoms with E-state index in [4.69, 9.17) is 10.5 Å². The van der Waals surface area contributed by atoms with Gasteiger partial charge >= 0.3 is 6.09 Å². The molecule has 0 aliphatic heterocycles. The summed E-state index contributed by atoms with van der Waals surface area (Å²) in [5, 5.41) is 0. The van der Waals surface area contributed by atoms with Crippen molar-refractivity contribution >= 4 is 12.0 Å². The fourth-order valence-electron chi connectivity index (χ4n) is 1.47. The highest BCUT2D eigenvalue weighted by atomic mass is 16.6. The third-order valence-corrected chi connectivity index (χ3v) is 2.32. The molecular formula is C14H21N3O3. The zero-order chi connectivity index (χ0) is 15.2. The van der Waals surface area contributed by atoms with E-state index in [1.807, 2.05) is 30.3 Å². The van der Waals surface area contributed by atoms with E-state index >= 15 is 0 Å². The first-order valence-corrected chi connectivity index (χ1v) is 6.36. The molecule has 0 radical (unpaired) electrons. The number of nitrogens with one attached hydrogen (secondary N) is 2. The summed E-state index contributed by atoms with van der Waals surface area (Å²) in [6, 6.07) is 8.66. The van der Waals surface area contributed by atoms with Crippen molar-refractivity contribution in [3.8, 4) is 0 Å². The molecule has 20 heavy (non-hydrogen) atoms. The van der Waals surface area contributed by atoms with Crippen molar-refractivity contribution < 1.29 is 14.3 Å². The molecule has 0 aliphatic rings. The first kappa shape index (κ1) is 16.0. The maximum Gasteiger partial charge on any atom is 0.426 e. The molecule has 1 rings (SSSR count). The Morgan fingerprint density at radius 2 is 1.80 bits per heavy atom. The Balaban J connectivity index is 2.37. The molecular weight excluding hydrogens is 258 g/mol. The van der Waals surface area contributed by atoms with E-state index in [9.17, 15) is 9.59 Å². The Labute approximate surface area is 118 Å². The van der Waals surface area contributed by atoms with Crippen molar-refractivity contribution in [3.63, 3.8) is 0 Å². The number of nitrogens with two attached hydrogens (primary N) is 1. The van der Waals surface area contributed by atoms with Crippen molar-refractivity contribution in [2.45, 2.75) is 38.8 Å². The number of carbonyl (C=O) groups is 2. The second kappa shape index (κ2) is 6.91. The topological polar surface area (TPSA) is 93.5 Å². The molecule has 0 bridgehead atoms. The first-order chi connectivity index (χ1) is 9.28. The molecule has 1 atom stereocenters. The van der Waals surface area contributed by atoms with Gasteiger partial charge in [0.05, 0.1) is 6.04 Å². The van der Waals surface area contributed by atoms with Crippen LogP contribution in [-0.4, -0.2) is 23.6 Å². The smallest absolute Gasteiger partial charge is 0.426 e. The van der Waals surface area contributed by atoms with E-state index in [2.05, 4.69) is 10.9 Å². The number of benzene rings is 1. The lowest BCUT2D eigenvalue weighted by Gasteiger charge is -2.20. The Bertz CT molecular complexity index is 454. The predicted octanol–water partition coefficient (Wildman–Crippen LogP) is 1.11. The summed E-state index contributed by atoms with van der Waals surface area (Å²) in [5.74, 6) is -0.472. The van der Waals surface area contributed by atoms with Gasteiger partial charge in [0.25, 0.3) is 5.91 Å². The molecule has 0 fully saturated rings. The monoisotopic (exact) mass is 279 g/mol. The number of carbonyl (C=O) groups excluding carboxylic acids is 2. The highest BCUT2D eigenvalue weighted by Gasteiger charge is 2.18. The Kier molecular flexibility index (Phi) is 5.52. The molecule has 1 aromatic carbocycles. The van der Waals surface area contributed by atoms with Gasteiger partial charge in [0.2, 0.25) is 0 Å². The highest BCUT2D eigenvalue weighted by molar-refractivity contribution is 5.83. The van der Waals surface area contributed by atoms with Crippen LogP contribution >= 0.6 is 0 Å². The number of hydrogen-bond acceptors (Lipinski definition) is 4. The van der Waals surface area contributed by atoms with E-state index in [1.54, 1.807) is 20.8 Å². The van der Waals surface area contributed by atoms with Crippen LogP contribution in [0.3, 0.4) is 0 Å². The second-order valence-electron chi connectivity index (χ2n) is 5.41. The lowest BCUT2D eigenvalue weighted by molar-refractivity contribution is -0.123. The van der Waals surface area contributed by atoms with Crippen LogP contribution in [0.4, 0.5) is 4.79 Å². The van der Waals surface area contributed by atoms with Gasteiger partial charge in [0, 0.05) is 0 Å². The standard InChI is InChI=1S/C14H21N3O3/c1-14(2,3)20-13(19)17-16-12(18)11(15)9-10-7-5-4-6-8-10/h4-8,11H,9,15H2,1-3H3,(H,16,18)(H,17,19). The van der Waals surface area contributed by atoms with Crippen LogP contribution in [0.2, 0.25) is 0 Å². The largest absolute Gasteiger partial charge is 0.443 e. The highest BCUT2D eigenvalue weighted by Crippen LogP contribution is 2.06. The molecule has 0 aliphatic carbocycles. The van der Waals surface area contributed by atoms with Gasteiger partial charge in [-0.25, -0.2) is 10.2 Å². The predicted molar refractivity (Wildman–Crippen MR) is 75.6 cm³/mol. The SMILES string of the molecule is CC(C)(C)OC(=O)NNC(=O)C(N)Cc1ccccc1. The number of hydrogen-bond donors (Lipinski definition) is 3.